The lowest BCUT2D eigenvalue weighted by Gasteiger charge is -2.10. The molecule has 0 rings (SSSR count). The van der Waals surface area contributed by atoms with Crippen LogP contribution in [0.15, 0.2) is 0 Å². The minimum Gasteiger partial charge on any atom is -0.383 e. The zero-order chi connectivity index (χ0) is 11.5. The number of rotatable bonds is 9. The summed E-state index contributed by atoms with van der Waals surface area (Å²) < 4.78 is 4.83. The molecule has 0 spiro atoms. The quantitative estimate of drug-likeness (QED) is 0.501. The smallest absolute Gasteiger partial charge is 0.221 e. The molecule has 0 fully saturated rings. The minimum absolute atomic E-state index is 0.0735. The Morgan fingerprint density at radius 3 is 2.60 bits per heavy atom. The first-order valence-electron chi connectivity index (χ1n) is 5.28. The molecule has 0 saturated heterocycles. The van der Waals surface area contributed by atoms with E-state index in [1.165, 1.54) is 0 Å². The monoisotopic (exact) mass is 217 g/mol. The third kappa shape index (κ3) is 11.3. The molecule has 1 amide bonds. The predicted octanol–water partition coefficient (Wildman–Crippen LogP) is -0.710. The first-order valence-corrected chi connectivity index (χ1v) is 5.28. The fourth-order valence-corrected chi connectivity index (χ4v) is 1.01. The Balaban J connectivity index is 3.17. The van der Waals surface area contributed by atoms with E-state index in [9.17, 15) is 4.79 Å². The Hall–Kier alpha value is -0.650. The zero-order valence-corrected chi connectivity index (χ0v) is 10.0. The third-order valence-corrected chi connectivity index (χ3v) is 1.89. The topological polar surface area (TPSA) is 53.6 Å². The summed E-state index contributed by atoms with van der Waals surface area (Å²) in [5.74, 6) is 0.0735. The van der Waals surface area contributed by atoms with Crippen LogP contribution < -0.4 is 10.6 Å². The summed E-state index contributed by atoms with van der Waals surface area (Å²) in [4.78, 5) is 13.3. The molecule has 0 heterocycles. The van der Waals surface area contributed by atoms with Crippen LogP contribution in [0.3, 0.4) is 0 Å². The number of nitrogens with zero attached hydrogens (tertiary/aromatic N) is 1. The van der Waals surface area contributed by atoms with E-state index in [2.05, 4.69) is 15.5 Å². The van der Waals surface area contributed by atoms with E-state index in [4.69, 9.17) is 4.74 Å². The lowest BCUT2D eigenvalue weighted by molar-refractivity contribution is -0.121. The highest BCUT2D eigenvalue weighted by atomic mass is 16.5. The Labute approximate surface area is 92.2 Å². The molecule has 0 radical (unpaired) electrons. The summed E-state index contributed by atoms with van der Waals surface area (Å²) in [5.41, 5.74) is 0. The molecule has 5 nitrogen and oxygen atoms in total. The Bertz CT molecular complexity index is 163. The van der Waals surface area contributed by atoms with Gasteiger partial charge in [-0.05, 0) is 14.1 Å². The van der Waals surface area contributed by atoms with Gasteiger partial charge in [-0.2, -0.15) is 0 Å². The highest BCUT2D eigenvalue weighted by Crippen LogP contribution is 1.78. The van der Waals surface area contributed by atoms with Gasteiger partial charge >= 0.3 is 0 Å². The maximum atomic E-state index is 11.2. The van der Waals surface area contributed by atoms with Gasteiger partial charge in [0, 0.05) is 39.7 Å². The average Bonchev–Trinajstić information content (AvgIpc) is 2.17. The molecule has 0 bridgehead atoms. The summed E-state index contributed by atoms with van der Waals surface area (Å²) in [7, 11) is 5.67. The fourth-order valence-electron chi connectivity index (χ4n) is 1.01. The number of carbonyl (C=O) groups is 1. The van der Waals surface area contributed by atoms with Crippen LogP contribution in [-0.2, 0) is 9.53 Å². The van der Waals surface area contributed by atoms with Crippen LogP contribution in [0.2, 0.25) is 0 Å². The molecule has 2 N–H and O–H groups in total. The number of amides is 1. The van der Waals surface area contributed by atoms with Crippen LogP contribution >= 0.6 is 0 Å². The van der Waals surface area contributed by atoms with E-state index in [0.717, 1.165) is 19.6 Å². The second kappa shape index (κ2) is 9.89. The van der Waals surface area contributed by atoms with Gasteiger partial charge in [-0.25, -0.2) is 0 Å². The molecule has 0 unspecified atom stereocenters. The van der Waals surface area contributed by atoms with Gasteiger partial charge in [0.1, 0.15) is 0 Å². The van der Waals surface area contributed by atoms with Crippen molar-refractivity contribution in [2.75, 3.05) is 54.0 Å². The number of nitrogens with one attached hydrogen (secondary N) is 2. The number of likely N-dealkylation sites (N-methyl/N-ethyl adjacent to an activating group) is 1. The maximum absolute atomic E-state index is 11.2. The Kier molecular flexibility index (Phi) is 9.46. The molecule has 5 heteroatoms. The molecule has 0 aromatic heterocycles. The number of carbonyl (C=O) groups excluding carboxylic acids is 1. The van der Waals surface area contributed by atoms with Gasteiger partial charge in [-0.3, -0.25) is 4.79 Å². The summed E-state index contributed by atoms with van der Waals surface area (Å²) in [6.45, 7) is 3.79. The van der Waals surface area contributed by atoms with Gasteiger partial charge in [0.2, 0.25) is 5.91 Å². The van der Waals surface area contributed by atoms with Crippen molar-refractivity contribution >= 4 is 5.91 Å². The summed E-state index contributed by atoms with van der Waals surface area (Å²) in [6.07, 6.45) is 0.525. The van der Waals surface area contributed by atoms with Crippen LogP contribution in [0.5, 0.6) is 0 Å². The highest BCUT2D eigenvalue weighted by molar-refractivity contribution is 5.75. The van der Waals surface area contributed by atoms with Gasteiger partial charge in [-0.15, -0.1) is 0 Å². The fraction of sp³-hybridized carbons (Fsp3) is 0.900. The Morgan fingerprint density at radius 2 is 2.00 bits per heavy atom. The van der Waals surface area contributed by atoms with E-state index >= 15 is 0 Å². The number of hydrogen-bond acceptors (Lipinski definition) is 4. The molecule has 0 aliphatic rings. The van der Waals surface area contributed by atoms with Gasteiger partial charge in [-0.1, -0.05) is 0 Å². The average molecular weight is 217 g/mol. The van der Waals surface area contributed by atoms with Crippen LogP contribution in [-0.4, -0.2) is 64.8 Å². The normalized spacial score (nSPS) is 10.7. The standard InChI is InChI=1S/C10H23N3O2/c1-13(2)8-6-11-5-4-10(14)12-7-9-15-3/h11H,4-9H2,1-3H3,(H,12,14). The zero-order valence-electron chi connectivity index (χ0n) is 10.0. The first kappa shape index (κ1) is 14.3. The van der Waals surface area contributed by atoms with E-state index in [1.807, 2.05) is 14.1 Å². The molecular weight excluding hydrogens is 194 g/mol. The minimum atomic E-state index is 0.0735. The molecule has 15 heavy (non-hydrogen) atoms. The number of methoxy groups -OCH3 is 1. The van der Waals surface area contributed by atoms with E-state index < -0.39 is 0 Å². The SMILES string of the molecule is COCCNC(=O)CCNCCN(C)C. The molecular formula is C10H23N3O2. The molecule has 0 saturated carbocycles. The van der Waals surface area contributed by atoms with Crippen molar-refractivity contribution in [3.63, 3.8) is 0 Å². The second-order valence-electron chi connectivity index (χ2n) is 3.65. The molecule has 0 aliphatic carbocycles. The molecule has 0 aromatic rings. The van der Waals surface area contributed by atoms with Crippen molar-refractivity contribution in [2.45, 2.75) is 6.42 Å². The number of ether oxygens (including phenoxy) is 1. The summed E-state index contributed by atoms with van der Waals surface area (Å²) in [6, 6.07) is 0. The summed E-state index contributed by atoms with van der Waals surface area (Å²) in [5, 5.41) is 5.97. The first-order chi connectivity index (χ1) is 7.16. The van der Waals surface area contributed by atoms with Crippen molar-refractivity contribution in [3.8, 4) is 0 Å². The van der Waals surface area contributed by atoms with Crippen LogP contribution in [0.4, 0.5) is 0 Å². The van der Waals surface area contributed by atoms with Crippen molar-refractivity contribution in [3.05, 3.63) is 0 Å². The van der Waals surface area contributed by atoms with Gasteiger partial charge in [0.05, 0.1) is 6.61 Å². The largest absolute Gasteiger partial charge is 0.383 e. The van der Waals surface area contributed by atoms with E-state index in [0.29, 0.717) is 19.6 Å². The molecule has 0 atom stereocenters. The van der Waals surface area contributed by atoms with Crippen molar-refractivity contribution in [2.24, 2.45) is 0 Å². The predicted molar refractivity (Wildman–Crippen MR) is 60.9 cm³/mol. The van der Waals surface area contributed by atoms with Gasteiger partial charge in [0.15, 0.2) is 0 Å². The van der Waals surface area contributed by atoms with Crippen molar-refractivity contribution in [1.29, 1.82) is 0 Å². The van der Waals surface area contributed by atoms with Crippen LogP contribution in [0.25, 0.3) is 0 Å². The molecule has 0 aromatic carbocycles. The van der Waals surface area contributed by atoms with E-state index in [1.54, 1.807) is 7.11 Å². The molecule has 90 valence electrons. The van der Waals surface area contributed by atoms with Crippen molar-refractivity contribution < 1.29 is 9.53 Å². The second-order valence-corrected chi connectivity index (χ2v) is 3.65. The van der Waals surface area contributed by atoms with Gasteiger partial charge < -0.3 is 20.3 Å². The number of hydrogen-bond donors (Lipinski definition) is 2. The van der Waals surface area contributed by atoms with Gasteiger partial charge in [0.25, 0.3) is 0 Å². The lowest BCUT2D eigenvalue weighted by atomic mass is 10.4. The van der Waals surface area contributed by atoms with Crippen LogP contribution in [0, 0.1) is 0 Å². The molecule has 0 aliphatic heterocycles. The van der Waals surface area contributed by atoms with Crippen LogP contribution in [0.1, 0.15) is 6.42 Å². The summed E-state index contributed by atoms with van der Waals surface area (Å²) >= 11 is 0. The maximum Gasteiger partial charge on any atom is 0.221 e. The highest BCUT2D eigenvalue weighted by Gasteiger charge is 1.99. The third-order valence-electron chi connectivity index (χ3n) is 1.89. The lowest BCUT2D eigenvalue weighted by Crippen LogP contribution is -2.32. The van der Waals surface area contributed by atoms with Crippen molar-refractivity contribution in [1.82, 2.24) is 15.5 Å². The Morgan fingerprint density at radius 1 is 1.27 bits per heavy atom. The van der Waals surface area contributed by atoms with E-state index in [-0.39, 0.29) is 5.91 Å².